The van der Waals surface area contributed by atoms with Gasteiger partial charge in [-0.3, -0.25) is 23.4 Å². The zero-order chi connectivity index (χ0) is 20.9. The molecule has 1 aliphatic heterocycles. The second-order valence-electron chi connectivity index (χ2n) is 7.74. The molecule has 1 N–H and O–H groups in total. The summed E-state index contributed by atoms with van der Waals surface area (Å²) in [6.45, 7) is 7.68. The molecule has 156 valence electrons. The van der Waals surface area contributed by atoms with Gasteiger partial charge in [0.25, 0.3) is 0 Å². The average Bonchev–Trinajstić information content (AvgIpc) is 2.56. The zero-order valence-electron chi connectivity index (χ0n) is 16.5. The second-order valence-corrected chi connectivity index (χ2v) is 9.36. The van der Waals surface area contributed by atoms with Crippen molar-refractivity contribution < 1.29 is 42.0 Å². The molecule has 27 heavy (non-hydrogen) atoms. The van der Waals surface area contributed by atoms with E-state index in [1.54, 1.807) is 34.6 Å². The molecule has 1 heterocycles. The number of phosphoric ester groups is 1. The monoisotopic (exact) mass is 409 g/mol. The Morgan fingerprint density at radius 1 is 1.26 bits per heavy atom. The number of methoxy groups -OCH3 is 1. The predicted molar refractivity (Wildman–Crippen MR) is 93.4 cm³/mol. The van der Waals surface area contributed by atoms with E-state index in [-0.39, 0.29) is 19.6 Å². The van der Waals surface area contributed by atoms with E-state index >= 15 is 0 Å². The van der Waals surface area contributed by atoms with Gasteiger partial charge < -0.3 is 14.8 Å². The lowest BCUT2D eigenvalue weighted by Gasteiger charge is -2.39. The molecule has 1 amide bonds. The summed E-state index contributed by atoms with van der Waals surface area (Å²) in [6, 6.07) is 0. The Morgan fingerprint density at radius 3 is 2.44 bits per heavy atom. The van der Waals surface area contributed by atoms with Gasteiger partial charge in [-0.15, -0.1) is 0 Å². The third-order valence-corrected chi connectivity index (χ3v) is 4.98. The van der Waals surface area contributed by atoms with Crippen LogP contribution in [0.2, 0.25) is 0 Å². The fourth-order valence-electron chi connectivity index (χ4n) is 1.94. The Hall–Kier alpha value is -1.48. The number of hydrogen-bond acceptors (Lipinski definition) is 9. The highest BCUT2D eigenvalue weighted by Crippen LogP contribution is 2.57. The average molecular weight is 409 g/mol. The van der Waals surface area contributed by atoms with Crippen molar-refractivity contribution in [3.05, 3.63) is 0 Å². The first-order chi connectivity index (χ1) is 12.3. The molecule has 1 rings (SSSR count). The van der Waals surface area contributed by atoms with Crippen LogP contribution in [0.25, 0.3) is 0 Å². The highest BCUT2D eigenvalue weighted by molar-refractivity contribution is 7.48. The van der Waals surface area contributed by atoms with Gasteiger partial charge in [-0.2, -0.15) is 0 Å². The summed E-state index contributed by atoms with van der Waals surface area (Å²) in [5.74, 6) is -1.59. The Kier molecular flexibility index (Phi) is 7.98. The number of amides is 1. The number of rotatable bonds is 7. The Morgan fingerprint density at radius 2 is 1.89 bits per heavy atom. The molecule has 11 heteroatoms. The van der Waals surface area contributed by atoms with Crippen molar-refractivity contribution in [1.29, 1.82) is 0 Å². The largest absolute Gasteiger partial charge is 0.478 e. The molecule has 0 spiro atoms. The normalized spacial score (nSPS) is 24.7. The minimum Gasteiger partial charge on any atom is -0.469 e. The van der Waals surface area contributed by atoms with Crippen LogP contribution in [0.4, 0.5) is 0 Å². The number of esters is 2. The van der Waals surface area contributed by atoms with Crippen LogP contribution >= 0.6 is 7.82 Å². The van der Waals surface area contributed by atoms with Crippen LogP contribution in [0.3, 0.4) is 0 Å². The maximum atomic E-state index is 12.6. The van der Waals surface area contributed by atoms with Gasteiger partial charge in [0.1, 0.15) is 0 Å². The SMILES string of the molecule is COC(=O)CCNC(=O)[C@@H]1O[P@@](=O)(OCOC(=O)C(C)(C)C)OCC1(C)C. The number of hydrogen-bond donors (Lipinski definition) is 1. The molecule has 0 aromatic rings. The van der Waals surface area contributed by atoms with Crippen molar-refractivity contribution in [3.63, 3.8) is 0 Å². The van der Waals surface area contributed by atoms with Gasteiger partial charge in [-0.25, -0.2) is 9.09 Å². The molecule has 0 bridgehead atoms. The molecular weight excluding hydrogens is 381 g/mol. The van der Waals surface area contributed by atoms with Gasteiger partial charge in [0, 0.05) is 12.0 Å². The van der Waals surface area contributed by atoms with E-state index < -0.39 is 49.4 Å². The summed E-state index contributed by atoms with van der Waals surface area (Å²) in [7, 11) is -2.85. The maximum Gasteiger partial charge on any atom is 0.478 e. The van der Waals surface area contributed by atoms with E-state index in [9.17, 15) is 18.9 Å². The van der Waals surface area contributed by atoms with Crippen molar-refractivity contribution in [2.75, 3.05) is 27.1 Å². The highest BCUT2D eigenvalue weighted by Gasteiger charge is 2.49. The Labute approximate surface area is 158 Å². The predicted octanol–water partition coefficient (Wildman–Crippen LogP) is 1.78. The van der Waals surface area contributed by atoms with Crippen LogP contribution in [0.15, 0.2) is 0 Å². The summed E-state index contributed by atoms with van der Waals surface area (Å²) in [6.07, 6.45) is -1.16. The minimum absolute atomic E-state index is 0.0111. The molecule has 0 aromatic carbocycles. The third-order valence-electron chi connectivity index (χ3n) is 3.65. The van der Waals surface area contributed by atoms with Gasteiger partial charge in [0.05, 0.1) is 25.6 Å². The van der Waals surface area contributed by atoms with Gasteiger partial charge in [-0.1, -0.05) is 13.8 Å². The summed E-state index contributed by atoms with van der Waals surface area (Å²) in [4.78, 5) is 35.2. The summed E-state index contributed by atoms with van der Waals surface area (Å²) >= 11 is 0. The molecule has 1 fully saturated rings. The molecule has 1 aliphatic rings. The third kappa shape index (κ3) is 7.21. The Bertz CT molecular complexity index is 612. The first-order valence-electron chi connectivity index (χ1n) is 8.40. The quantitative estimate of drug-likeness (QED) is 0.380. The van der Waals surface area contributed by atoms with Crippen LogP contribution in [0.5, 0.6) is 0 Å². The number of carbonyl (C=O) groups excluding carboxylic acids is 3. The fraction of sp³-hybridized carbons (Fsp3) is 0.812. The number of carbonyl (C=O) groups is 3. The molecule has 1 saturated heterocycles. The van der Waals surface area contributed by atoms with Crippen LogP contribution in [-0.2, 0) is 42.0 Å². The van der Waals surface area contributed by atoms with E-state index in [0.717, 1.165) is 0 Å². The van der Waals surface area contributed by atoms with E-state index in [4.69, 9.17) is 18.3 Å². The first-order valence-corrected chi connectivity index (χ1v) is 9.86. The van der Waals surface area contributed by atoms with Crippen molar-refractivity contribution in [3.8, 4) is 0 Å². The second kappa shape index (κ2) is 9.14. The molecule has 0 aromatic heterocycles. The first kappa shape index (κ1) is 23.6. The zero-order valence-corrected chi connectivity index (χ0v) is 17.4. The molecule has 0 saturated carbocycles. The lowest BCUT2D eigenvalue weighted by Crippen LogP contribution is -2.50. The van der Waals surface area contributed by atoms with Gasteiger partial charge in [-0.05, 0) is 20.8 Å². The van der Waals surface area contributed by atoms with Crippen molar-refractivity contribution in [2.45, 2.75) is 47.1 Å². The van der Waals surface area contributed by atoms with Crippen molar-refractivity contribution in [2.24, 2.45) is 10.8 Å². The van der Waals surface area contributed by atoms with Crippen molar-refractivity contribution >= 4 is 25.7 Å². The molecule has 0 aliphatic carbocycles. The topological polar surface area (TPSA) is 126 Å². The van der Waals surface area contributed by atoms with Crippen LogP contribution in [0, 0.1) is 10.8 Å². The molecule has 0 unspecified atom stereocenters. The highest BCUT2D eigenvalue weighted by atomic mass is 31.2. The van der Waals surface area contributed by atoms with Crippen LogP contribution in [-0.4, -0.2) is 51.0 Å². The van der Waals surface area contributed by atoms with E-state index in [2.05, 4.69) is 10.1 Å². The molecule has 0 radical (unpaired) electrons. The number of nitrogens with one attached hydrogen (secondary N) is 1. The van der Waals surface area contributed by atoms with Crippen LogP contribution < -0.4 is 5.32 Å². The fourth-order valence-corrected chi connectivity index (χ4v) is 3.45. The summed E-state index contributed by atoms with van der Waals surface area (Å²) in [5, 5.41) is 2.52. The lowest BCUT2D eigenvalue weighted by atomic mass is 9.87. The number of ether oxygens (including phenoxy) is 2. The maximum absolute atomic E-state index is 12.6. The molecule has 10 nitrogen and oxygen atoms in total. The number of phosphoric acid groups is 1. The molecule has 2 atom stereocenters. The summed E-state index contributed by atoms with van der Waals surface area (Å²) < 4.78 is 37.4. The minimum atomic E-state index is -4.10. The summed E-state index contributed by atoms with van der Waals surface area (Å²) in [5.41, 5.74) is -1.55. The van der Waals surface area contributed by atoms with Crippen LogP contribution in [0.1, 0.15) is 41.0 Å². The van der Waals surface area contributed by atoms with E-state index in [1.165, 1.54) is 7.11 Å². The van der Waals surface area contributed by atoms with Gasteiger partial charge in [0.2, 0.25) is 12.7 Å². The lowest BCUT2D eigenvalue weighted by molar-refractivity contribution is -0.163. The van der Waals surface area contributed by atoms with E-state index in [1.807, 2.05) is 0 Å². The Balaban J connectivity index is 2.65. The standard InChI is InChI=1S/C16H28NO9P/c1-15(2,3)14(20)23-10-25-27(21)24-9-16(4,5)12(26-27)13(19)17-8-7-11(18)22-6/h12H,7-10H2,1-6H3,(H,17,19)/t12-,27+/m0/s1. The van der Waals surface area contributed by atoms with Gasteiger partial charge >= 0.3 is 19.8 Å². The van der Waals surface area contributed by atoms with Crippen molar-refractivity contribution in [1.82, 2.24) is 5.32 Å². The van der Waals surface area contributed by atoms with E-state index in [0.29, 0.717) is 0 Å². The smallest absolute Gasteiger partial charge is 0.469 e. The molecular formula is C16H28NO9P. The van der Waals surface area contributed by atoms with Gasteiger partial charge in [0.15, 0.2) is 6.10 Å².